The lowest BCUT2D eigenvalue weighted by Gasteiger charge is -2.09. The average molecular weight is 279 g/mol. The minimum atomic E-state index is -0.365. The molecular weight excluding hydrogens is 258 g/mol. The molecule has 1 aromatic carbocycles. The van der Waals surface area contributed by atoms with Crippen LogP contribution in [0.1, 0.15) is 24.2 Å². The molecule has 0 aromatic heterocycles. The molecule has 6 heteroatoms. The molecule has 0 atom stereocenters. The van der Waals surface area contributed by atoms with Crippen molar-refractivity contribution < 1.29 is 14.3 Å². The summed E-state index contributed by atoms with van der Waals surface area (Å²) in [6.07, 6.45) is 0. The summed E-state index contributed by atoms with van der Waals surface area (Å²) >= 11 is 0. The van der Waals surface area contributed by atoms with Crippen LogP contribution in [0.5, 0.6) is 5.75 Å². The number of nitrogen functional groups attached to an aromatic ring is 1. The third-order valence-corrected chi connectivity index (χ3v) is 2.54. The fraction of sp³-hybridized carbons (Fsp3) is 0.429. The lowest BCUT2D eigenvalue weighted by atomic mass is 10.1. The van der Waals surface area contributed by atoms with Crippen LogP contribution in [0, 0.1) is 5.92 Å². The Morgan fingerprint density at radius 1 is 1.25 bits per heavy atom. The minimum absolute atomic E-state index is 0.0668. The molecule has 20 heavy (non-hydrogen) atoms. The highest BCUT2D eigenvalue weighted by Gasteiger charge is 2.10. The van der Waals surface area contributed by atoms with Crippen LogP contribution in [0.4, 0.5) is 5.69 Å². The van der Waals surface area contributed by atoms with Gasteiger partial charge in [0.2, 0.25) is 5.91 Å². The molecule has 0 unspecified atom stereocenters. The molecule has 0 saturated carbocycles. The van der Waals surface area contributed by atoms with Crippen molar-refractivity contribution in [1.29, 1.82) is 0 Å². The zero-order chi connectivity index (χ0) is 15.1. The van der Waals surface area contributed by atoms with Gasteiger partial charge < -0.3 is 21.1 Å². The first-order chi connectivity index (χ1) is 9.42. The zero-order valence-electron chi connectivity index (χ0n) is 12.0. The topological polar surface area (TPSA) is 93.4 Å². The van der Waals surface area contributed by atoms with E-state index in [4.69, 9.17) is 10.5 Å². The van der Waals surface area contributed by atoms with E-state index in [1.54, 1.807) is 12.1 Å². The van der Waals surface area contributed by atoms with Gasteiger partial charge in [0.05, 0.1) is 13.7 Å². The summed E-state index contributed by atoms with van der Waals surface area (Å²) in [4.78, 5) is 23.4. The van der Waals surface area contributed by atoms with Crippen molar-refractivity contribution in [1.82, 2.24) is 10.6 Å². The number of hydrogen-bond donors (Lipinski definition) is 3. The van der Waals surface area contributed by atoms with Crippen LogP contribution >= 0.6 is 0 Å². The molecule has 0 fully saturated rings. The Kier molecular flexibility index (Phi) is 5.83. The highest BCUT2D eigenvalue weighted by atomic mass is 16.5. The van der Waals surface area contributed by atoms with Crippen molar-refractivity contribution >= 4 is 17.5 Å². The van der Waals surface area contributed by atoms with E-state index in [2.05, 4.69) is 10.6 Å². The lowest BCUT2D eigenvalue weighted by molar-refractivity contribution is -0.120. The Bertz CT molecular complexity index is 487. The molecule has 6 nitrogen and oxygen atoms in total. The SMILES string of the molecule is COc1cc(N)cc(C(=O)NCC(=O)NCC(C)C)c1. The van der Waals surface area contributed by atoms with E-state index in [1.807, 2.05) is 13.8 Å². The normalized spacial score (nSPS) is 10.2. The van der Waals surface area contributed by atoms with Gasteiger partial charge in [0.15, 0.2) is 0 Å². The van der Waals surface area contributed by atoms with E-state index in [0.29, 0.717) is 29.5 Å². The molecule has 0 saturated heterocycles. The minimum Gasteiger partial charge on any atom is -0.497 e. The first-order valence-corrected chi connectivity index (χ1v) is 6.41. The third-order valence-electron chi connectivity index (χ3n) is 2.54. The summed E-state index contributed by atoms with van der Waals surface area (Å²) in [7, 11) is 1.50. The summed E-state index contributed by atoms with van der Waals surface area (Å²) in [5.74, 6) is 0.283. The van der Waals surface area contributed by atoms with Crippen LogP contribution in [0.2, 0.25) is 0 Å². The average Bonchev–Trinajstić information content (AvgIpc) is 2.41. The maximum Gasteiger partial charge on any atom is 0.251 e. The van der Waals surface area contributed by atoms with Gasteiger partial charge >= 0.3 is 0 Å². The number of anilines is 1. The monoisotopic (exact) mass is 279 g/mol. The Hall–Kier alpha value is -2.24. The third kappa shape index (κ3) is 5.17. The highest BCUT2D eigenvalue weighted by Crippen LogP contribution is 2.18. The molecule has 2 amide bonds. The van der Waals surface area contributed by atoms with E-state index in [-0.39, 0.29) is 18.4 Å². The summed E-state index contributed by atoms with van der Waals surface area (Å²) in [5, 5.41) is 5.26. The van der Waals surface area contributed by atoms with Crippen molar-refractivity contribution in [3.63, 3.8) is 0 Å². The van der Waals surface area contributed by atoms with Crippen molar-refractivity contribution in [3.05, 3.63) is 23.8 Å². The van der Waals surface area contributed by atoms with Crippen LogP contribution in [-0.2, 0) is 4.79 Å². The molecule has 0 heterocycles. The maximum atomic E-state index is 11.9. The van der Waals surface area contributed by atoms with E-state index in [1.165, 1.54) is 13.2 Å². The summed E-state index contributed by atoms with van der Waals surface area (Å²) < 4.78 is 5.04. The molecule has 0 aliphatic carbocycles. The summed E-state index contributed by atoms with van der Waals surface area (Å²) in [6.45, 7) is 4.51. The molecule has 1 rings (SSSR count). The van der Waals surface area contributed by atoms with E-state index < -0.39 is 0 Å². The van der Waals surface area contributed by atoms with E-state index in [9.17, 15) is 9.59 Å². The van der Waals surface area contributed by atoms with Crippen LogP contribution in [0.3, 0.4) is 0 Å². The number of amides is 2. The first-order valence-electron chi connectivity index (χ1n) is 6.41. The molecule has 0 radical (unpaired) electrons. The lowest BCUT2D eigenvalue weighted by Crippen LogP contribution is -2.38. The molecule has 0 spiro atoms. The first kappa shape index (κ1) is 15.8. The standard InChI is InChI=1S/C14H21N3O3/c1-9(2)7-16-13(18)8-17-14(19)10-4-11(15)6-12(5-10)20-3/h4-6,9H,7-8,15H2,1-3H3,(H,16,18)(H,17,19). The number of nitrogens with one attached hydrogen (secondary N) is 2. The quantitative estimate of drug-likeness (QED) is 0.671. The van der Waals surface area contributed by atoms with Crippen LogP contribution in [-0.4, -0.2) is 32.0 Å². The number of methoxy groups -OCH3 is 1. The van der Waals surface area contributed by atoms with Crippen molar-refractivity contribution in [2.45, 2.75) is 13.8 Å². The van der Waals surface area contributed by atoms with Crippen molar-refractivity contribution in [2.24, 2.45) is 5.92 Å². The van der Waals surface area contributed by atoms with Gasteiger partial charge in [-0.15, -0.1) is 0 Å². The molecule has 1 aromatic rings. The number of carbonyl (C=O) groups is 2. The molecule has 0 aliphatic rings. The predicted octanol–water partition coefficient (Wildman–Crippen LogP) is 0.779. The molecule has 0 bridgehead atoms. The maximum absolute atomic E-state index is 11.9. The number of hydrogen-bond acceptors (Lipinski definition) is 4. The molecular formula is C14H21N3O3. The zero-order valence-corrected chi connectivity index (χ0v) is 12.0. The molecule has 0 aliphatic heterocycles. The second kappa shape index (κ2) is 7.37. The number of benzene rings is 1. The Morgan fingerprint density at radius 3 is 2.55 bits per heavy atom. The van der Waals surface area contributed by atoms with Gasteiger partial charge in [-0.2, -0.15) is 0 Å². The largest absolute Gasteiger partial charge is 0.497 e. The molecule has 110 valence electrons. The summed E-state index contributed by atoms with van der Waals surface area (Å²) in [5.41, 5.74) is 6.46. The Morgan fingerprint density at radius 2 is 1.95 bits per heavy atom. The van der Waals surface area contributed by atoms with Gasteiger partial charge in [-0.3, -0.25) is 9.59 Å². The molecule has 4 N–H and O–H groups in total. The van der Waals surface area contributed by atoms with Gasteiger partial charge in [-0.25, -0.2) is 0 Å². The predicted molar refractivity (Wildman–Crippen MR) is 77.6 cm³/mol. The van der Waals surface area contributed by atoms with Gasteiger partial charge in [0.1, 0.15) is 5.75 Å². The van der Waals surface area contributed by atoms with Gasteiger partial charge in [0, 0.05) is 23.9 Å². The number of ether oxygens (including phenoxy) is 1. The fourth-order valence-corrected chi connectivity index (χ4v) is 1.51. The highest BCUT2D eigenvalue weighted by molar-refractivity contribution is 5.97. The Balaban J connectivity index is 2.54. The van der Waals surface area contributed by atoms with Crippen molar-refractivity contribution in [3.8, 4) is 5.75 Å². The number of carbonyl (C=O) groups excluding carboxylic acids is 2. The van der Waals surface area contributed by atoms with Gasteiger partial charge in [0.25, 0.3) is 5.91 Å². The second-order valence-corrected chi connectivity index (χ2v) is 4.88. The number of nitrogens with two attached hydrogens (primary N) is 1. The van der Waals surface area contributed by atoms with Gasteiger partial charge in [-0.1, -0.05) is 13.8 Å². The van der Waals surface area contributed by atoms with E-state index in [0.717, 1.165) is 0 Å². The van der Waals surface area contributed by atoms with E-state index >= 15 is 0 Å². The van der Waals surface area contributed by atoms with Gasteiger partial charge in [-0.05, 0) is 18.1 Å². The smallest absolute Gasteiger partial charge is 0.251 e. The second-order valence-electron chi connectivity index (χ2n) is 4.88. The van der Waals surface area contributed by atoms with Crippen LogP contribution in [0.15, 0.2) is 18.2 Å². The fourth-order valence-electron chi connectivity index (χ4n) is 1.51. The van der Waals surface area contributed by atoms with Crippen LogP contribution in [0.25, 0.3) is 0 Å². The summed E-state index contributed by atoms with van der Waals surface area (Å²) in [6, 6.07) is 4.72. The van der Waals surface area contributed by atoms with Crippen LogP contribution < -0.4 is 21.1 Å². The Labute approximate surface area is 118 Å². The van der Waals surface area contributed by atoms with Crippen molar-refractivity contribution in [2.75, 3.05) is 25.9 Å². The number of rotatable bonds is 6.